The van der Waals surface area contributed by atoms with E-state index in [-0.39, 0.29) is 11.8 Å². The van der Waals surface area contributed by atoms with Gasteiger partial charge in [-0.15, -0.1) is 11.3 Å². The summed E-state index contributed by atoms with van der Waals surface area (Å²) < 4.78 is 1.78. The molecule has 0 radical (unpaired) electrons. The van der Waals surface area contributed by atoms with Crippen molar-refractivity contribution in [1.82, 2.24) is 20.0 Å². The van der Waals surface area contributed by atoms with Crippen molar-refractivity contribution in [3.05, 3.63) is 16.6 Å². The van der Waals surface area contributed by atoms with Crippen molar-refractivity contribution in [3.8, 4) is 0 Å². The van der Waals surface area contributed by atoms with Gasteiger partial charge in [0.05, 0.1) is 10.6 Å². The summed E-state index contributed by atoms with van der Waals surface area (Å²) in [5.74, 6) is 0.110. The number of thiophene rings is 1. The molecule has 3 N–H and O–H groups in total. The predicted octanol–water partition coefficient (Wildman–Crippen LogP) is 0.869. The Hall–Kier alpha value is -1.93. The number of hydrogen-bond acceptors (Lipinski definition) is 5. The molecule has 3 rings (SSSR count). The van der Waals surface area contributed by atoms with Crippen LogP contribution in [0, 0.1) is 12.8 Å². The first-order valence-corrected chi connectivity index (χ1v) is 8.95. The quantitative estimate of drug-likeness (QED) is 0.856. The number of rotatable bonds is 4. The molecule has 24 heavy (non-hydrogen) atoms. The van der Waals surface area contributed by atoms with E-state index in [2.05, 4.69) is 10.4 Å². The van der Waals surface area contributed by atoms with Crippen LogP contribution < -0.4 is 11.1 Å². The highest BCUT2D eigenvalue weighted by Crippen LogP contribution is 2.27. The number of likely N-dealkylation sites (tertiary alicyclic amines) is 1. The number of fused-ring (bicyclic) bond motifs is 1. The van der Waals surface area contributed by atoms with Gasteiger partial charge in [0.2, 0.25) is 5.91 Å². The molecule has 2 amide bonds. The van der Waals surface area contributed by atoms with Gasteiger partial charge in [0.25, 0.3) is 5.91 Å². The van der Waals surface area contributed by atoms with E-state index in [4.69, 9.17) is 5.73 Å². The molecule has 8 heteroatoms. The molecule has 2 unspecified atom stereocenters. The highest BCUT2D eigenvalue weighted by molar-refractivity contribution is 7.20. The number of carbonyl (C=O) groups excluding carboxylic acids is 2. The molecule has 0 bridgehead atoms. The summed E-state index contributed by atoms with van der Waals surface area (Å²) in [6.45, 7) is 5.65. The normalized spacial score (nSPS) is 19.0. The number of carbonyl (C=O) groups is 2. The van der Waals surface area contributed by atoms with Gasteiger partial charge in [0, 0.05) is 25.5 Å². The smallest absolute Gasteiger partial charge is 0.262 e. The fourth-order valence-electron chi connectivity index (χ4n) is 3.15. The van der Waals surface area contributed by atoms with Crippen molar-refractivity contribution in [2.24, 2.45) is 18.7 Å². The Labute approximate surface area is 144 Å². The third-order valence-electron chi connectivity index (χ3n) is 4.57. The second-order valence-corrected chi connectivity index (χ2v) is 7.44. The molecule has 2 aromatic rings. The van der Waals surface area contributed by atoms with Crippen LogP contribution in [-0.4, -0.2) is 52.2 Å². The Morgan fingerprint density at radius 2 is 2.29 bits per heavy atom. The second kappa shape index (κ2) is 6.52. The van der Waals surface area contributed by atoms with Crippen LogP contribution in [0.3, 0.4) is 0 Å². The molecule has 7 nitrogen and oxygen atoms in total. The third kappa shape index (κ3) is 3.03. The van der Waals surface area contributed by atoms with Crippen LogP contribution in [0.1, 0.15) is 28.7 Å². The summed E-state index contributed by atoms with van der Waals surface area (Å²) in [5.41, 5.74) is 6.57. The molecule has 0 saturated carbocycles. The minimum Gasteiger partial charge on any atom is -0.341 e. The topological polar surface area (TPSA) is 93.2 Å². The molecule has 1 fully saturated rings. The average molecular weight is 349 g/mol. The Bertz CT molecular complexity index is 746. The zero-order chi connectivity index (χ0) is 17.4. The van der Waals surface area contributed by atoms with Crippen molar-refractivity contribution >= 4 is 33.4 Å². The third-order valence-corrected chi connectivity index (χ3v) is 5.77. The first-order valence-electron chi connectivity index (χ1n) is 8.13. The summed E-state index contributed by atoms with van der Waals surface area (Å²) >= 11 is 1.39. The van der Waals surface area contributed by atoms with Gasteiger partial charge in [-0.05, 0) is 38.8 Å². The molecule has 1 aliphatic heterocycles. The summed E-state index contributed by atoms with van der Waals surface area (Å²) in [6, 6.07) is 1.30. The van der Waals surface area contributed by atoms with Gasteiger partial charge in [-0.25, -0.2) is 0 Å². The van der Waals surface area contributed by atoms with E-state index in [9.17, 15) is 9.59 Å². The molecule has 3 heterocycles. The van der Waals surface area contributed by atoms with Crippen LogP contribution in [0.5, 0.6) is 0 Å². The highest BCUT2D eigenvalue weighted by atomic mass is 32.1. The second-order valence-electron chi connectivity index (χ2n) is 6.41. The first kappa shape index (κ1) is 16.9. The van der Waals surface area contributed by atoms with Gasteiger partial charge >= 0.3 is 0 Å². The van der Waals surface area contributed by atoms with Gasteiger partial charge in [-0.2, -0.15) is 5.10 Å². The molecule has 2 atom stereocenters. The fraction of sp³-hybridized carbons (Fsp3) is 0.562. The molecule has 130 valence electrons. The van der Waals surface area contributed by atoms with Crippen molar-refractivity contribution in [3.63, 3.8) is 0 Å². The minimum absolute atomic E-state index is 0.0433. The summed E-state index contributed by atoms with van der Waals surface area (Å²) in [5, 5.41) is 8.13. The van der Waals surface area contributed by atoms with Gasteiger partial charge in [-0.3, -0.25) is 14.3 Å². The summed E-state index contributed by atoms with van der Waals surface area (Å²) in [4.78, 5) is 28.3. The number of hydrogen-bond donors (Lipinski definition) is 2. The van der Waals surface area contributed by atoms with Crippen molar-refractivity contribution in [2.75, 3.05) is 19.6 Å². The highest BCUT2D eigenvalue weighted by Gasteiger charge is 2.29. The SMILES string of the molecule is Cc1nn(C)c2sc(C(=O)NC(C)C(=O)N3CCC(CN)C3)cc12. The zero-order valence-electron chi connectivity index (χ0n) is 14.2. The van der Waals surface area contributed by atoms with E-state index in [1.54, 1.807) is 16.5 Å². The van der Waals surface area contributed by atoms with Crippen LogP contribution in [0.15, 0.2) is 6.07 Å². The van der Waals surface area contributed by atoms with E-state index in [0.29, 0.717) is 30.4 Å². The lowest BCUT2D eigenvalue weighted by Gasteiger charge is -2.21. The van der Waals surface area contributed by atoms with Crippen molar-refractivity contribution in [2.45, 2.75) is 26.3 Å². The van der Waals surface area contributed by atoms with Gasteiger partial charge in [-0.1, -0.05) is 0 Å². The molecule has 2 aromatic heterocycles. The monoisotopic (exact) mass is 349 g/mol. The lowest BCUT2D eigenvalue weighted by atomic mass is 10.1. The van der Waals surface area contributed by atoms with E-state index in [1.807, 2.05) is 20.0 Å². The van der Waals surface area contributed by atoms with Crippen LogP contribution in [-0.2, 0) is 11.8 Å². The largest absolute Gasteiger partial charge is 0.341 e. The molecule has 0 aromatic carbocycles. The van der Waals surface area contributed by atoms with Crippen LogP contribution >= 0.6 is 11.3 Å². The Morgan fingerprint density at radius 1 is 1.54 bits per heavy atom. The maximum absolute atomic E-state index is 12.5. The molecular formula is C16H23N5O2S. The standard InChI is InChI=1S/C16H23N5O2S/c1-9-12-6-13(24-16(12)20(3)19-9)14(22)18-10(2)15(23)21-5-4-11(7-17)8-21/h6,10-11H,4-5,7-8,17H2,1-3H3,(H,18,22). The number of aromatic nitrogens is 2. The van der Waals surface area contributed by atoms with E-state index < -0.39 is 6.04 Å². The molecular weight excluding hydrogens is 326 g/mol. The Balaban J connectivity index is 1.67. The summed E-state index contributed by atoms with van der Waals surface area (Å²) in [7, 11) is 1.86. The van der Waals surface area contributed by atoms with E-state index in [0.717, 1.165) is 22.3 Å². The fourth-order valence-corrected chi connectivity index (χ4v) is 4.17. The molecule has 1 saturated heterocycles. The molecule has 1 aliphatic rings. The van der Waals surface area contributed by atoms with Crippen LogP contribution in [0.25, 0.3) is 10.2 Å². The zero-order valence-corrected chi connectivity index (χ0v) is 15.0. The van der Waals surface area contributed by atoms with Crippen LogP contribution in [0.2, 0.25) is 0 Å². The number of amides is 2. The lowest BCUT2D eigenvalue weighted by Crippen LogP contribution is -2.46. The number of nitrogens with two attached hydrogens (primary N) is 1. The Morgan fingerprint density at radius 3 is 2.92 bits per heavy atom. The van der Waals surface area contributed by atoms with Crippen molar-refractivity contribution < 1.29 is 9.59 Å². The predicted molar refractivity (Wildman–Crippen MR) is 94.0 cm³/mol. The van der Waals surface area contributed by atoms with E-state index in [1.165, 1.54) is 11.3 Å². The first-order chi connectivity index (χ1) is 11.4. The molecule has 0 aliphatic carbocycles. The molecule has 0 spiro atoms. The van der Waals surface area contributed by atoms with Crippen LogP contribution in [0.4, 0.5) is 0 Å². The Kier molecular flexibility index (Phi) is 4.60. The maximum Gasteiger partial charge on any atom is 0.262 e. The lowest BCUT2D eigenvalue weighted by molar-refractivity contribution is -0.131. The maximum atomic E-state index is 12.5. The average Bonchev–Trinajstić information content (AvgIpc) is 3.25. The number of nitrogens with one attached hydrogen (secondary N) is 1. The number of nitrogens with zero attached hydrogens (tertiary/aromatic N) is 3. The number of aryl methyl sites for hydroxylation is 2. The summed E-state index contributed by atoms with van der Waals surface area (Å²) in [6.07, 6.45) is 0.936. The van der Waals surface area contributed by atoms with Gasteiger partial charge in [0.15, 0.2) is 0 Å². The minimum atomic E-state index is -0.543. The van der Waals surface area contributed by atoms with E-state index >= 15 is 0 Å². The van der Waals surface area contributed by atoms with Gasteiger partial charge in [0.1, 0.15) is 10.9 Å². The van der Waals surface area contributed by atoms with Gasteiger partial charge < -0.3 is 16.0 Å². The van der Waals surface area contributed by atoms with Crippen molar-refractivity contribution in [1.29, 1.82) is 0 Å².